The van der Waals surface area contributed by atoms with E-state index in [0.717, 1.165) is 13.0 Å². The predicted octanol–water partition coefficient (Wildman–Crippen LogP) is 2.69. The molecule has 0 fully saturated rings. The number of aromatic nitrogens is 1. The summed E-state index contributed by atoms with van der Waals surface area (Å²) in [5.41, 5.74) is 1.19. The van der Waals surface area contributed by atoms with E-state index >= 15 is 0 Å². The summed E-state index contributed by atoms with van der Waals surface area (Å²) < 4.78 is 0. The van der Waals surface area contributed by atoms with Crippen LogP contribution in [0.2, 0.25) is 0 Å². The van der Waals surface area contributed by atoms with Gasteiger partial charge in [-0.3, -0.25) is 0 Å². The van der Waals surface area contributed by atoms with Crippen molar-refractivity contribution in [2.24, 2.45) is 0 Å². The molecule has 14 heavy (non-hydrogen) atoms. The zero-order valence-corrected chi connectivity index (χ0v) is 10.4. The van der Waals surface area contributed by atoms with E-state index in [-0.39, 0.29) is 0 Å². The van der Waals surface area contributed by atoms with Crippen LogP contribution in [-0.2, 0) is 6.42 Å². The van der Waals surface area contributed by atoms with Gasteiger partial charge in [0.2, 0.25) is 0 Å². The molecular formula is C11H20N2S. The molecule has 1 unspecified atom stereocenters. The lowest BCUT2D eigenvalue weighted by Crippen LogP contribution is -2.27. The minimum Gasteiger partial charge on any atom is -0.314 e. The minimum atomic E-state index is 0.622. The van der Waals surface area contributed by atoms with Crippen molar-refractivity contribution in [2.75, 3.05) is 6.54 Å². The maximum absolute atomic E-state index is 4.51. The molecule has 0 aliphatic carbocycles. The van der Waals surface area contributed by atoms with E-state index in [4.69, 9.17) is 0 Å². The summed E-state index contributed by atoms with van der Waals surface area (Å²) in [4.78, 5) is 5.86. The van der Waals surface area contributed by atoms with Crippen molar-refractivity contribution in [2.45, 2.75) is 46.6 Å². The molecule has 1 aromatic rings. The lowest BCUT2D eigenvalue weighted by molar-refractivity contribution is 0.537. The summed E-state index contributed by atoms with van der Waals surface area (Å²) in [6.45, 7) is 9.69. The van der Waals surface area contributed by atoms with E-state index in [1.54, 1.807) is 0 Å². The first-order valence-corrected chi connectivity index (χ1v) is 6.11. The van der Waals surface area contributed by atoms with Crippen molar-refractivity contribution < 1.29 is 0 Å². The fourth-order valence-electron chi connectivity index (χ4n) is 1.22. The molecule has 2 nitrogen and oxygen atoms in total. The van der Waals surface area contributed by atoms with Gasteiger partial charge in [-0.2, -0.15) is 0 Å². The highest BCUT2D eigenvalue weighted by Crippen LogP contribution is 2.16. The standard InChI is InChI=1S/C11H20N2S/c1-5-8(2)12-7-6-11-13-9(3)10(4)14-11/h8,12H,5-7H2,1-4H3. The largest absolute Gasteiger partial charge is 0.314 e. The molecule has 0 radical (unpaired) electrons. The number of thiazole rings is 1. The molecule has 0 aliphatic rings. The molecule has 1 heterocycles. The molecule has 3 heteroatoms. The van der Waals surface area contributed by atoms with Crippen molar-refractivity contribution in [3.63, 3.8) is 0 Å². The first-order valence-electron chi connectivity index (χ1n) is 5.29. The highest BCUT2D eigenvalue weighted by Gasteiger charge is 2.03. The number of aryl methyl sites for hydroxylation is 2. The molecule has 0 bridgehead atoms. The SMILES string of the molecule is CCC(C)NCCc1nc(C)c(C)s1. The topological polar surface area (TPSA) is 24.9 Å². The van der Waals surface area contributed by atoms with E-state index in [1.807, 2.05) is 11.3 Å². The quantitative estimate of drug-likeness (QED) is 0.811. The molecular weight excluding hydrogens is 192 g/mol. The van der Waals surface area contributed by atoms with Gasteiger partial charge in [0.15, 0.2) is 0 Å². The van der Waals surface area contributed by atoms with Gasteiger partial charge in [-0.1, -0.05) is 6.92 Å². The Morgan fingerprint density at radius 1 is 1.43 bits per heavy atom. The van der Waals surface area contributed by atoms with Gasteiger partial charge in [0.25, 0.3) is 0 Å². The number of hydrogen-bond donors (Lipinski definition) is 1. The van der Waals surface area contributed by atoms with Crippen molar-refractivity contribution in [1.82, 2.24) is 10.3 Å². The Balaban J connectivity index is 2.31. The molecule has 1 rings (SSSR count). The van der Waals surface area contributed by atoms with E-state index in [1.165, 1.54) is 22.0 Å². The number of hydrogen-bond acceptors (Lipinski definition) is 3. The number of nitrogens with zero attached hydrogens (tertiary/aromatic N) is 1. The summed E-state index contributed by atoms with van der Waals surface area (Å²) in [6, 6.07) is 0.622. The molecule has 80 valence electrons. The molecule has 0 amide bonds. The maximum atomic E-state index is 4.51. The van der Waals surface area contributed by atoms with Crippen LogP contribution >= 0.6 is 11.3 Å². The van der Waals surface area contributed by atoms with Crippen LogP contribution < -0.4 is 5.32 Å². The van der Waals surface area contributed by atoms with Crippen molar-refractivity contribution in [3.8, 4) is 0 Å². The van der Waals surface area contributed by atoms with Crippen LogP contribution in [0.3, 0.4) is 0 Å². The van der Waals surface area contributed by atoms with Crippen LogP contribution in [-0.4, -0.2) is 17.6 Å². The van der Waals surface area contributed by atoms with Gasteiger partial charge in [-0.05, 0) is 27.2 Å². The summed E-state index contributed by atoms with van der Waals surface area (Å²) in [6.07, 6.45) is 2.25. The summed E-state index contributed by atoms with van der Waals surface area (Å²) in [5, 5.41) is 4.74. The van der Waals surface area contributed by atoms with Gasteiger partial charge in [-0.25, -0.2) is 4.98 Å². The molecule has 1 N–H and O–H groups in total. The van der Waals surface area contributed by atoms with Gasteiger partial charge in [-0.15, -0.1) is 11.3 Å². The third-order valence-electron chi connectivity index (χ3n) is 2.52. The number of rotatable bonds is 5. The lowest BCUT2D eigenvalue weighted by Gasteiger charge is -2.09. The second-order valence-corrected chi connectivity index (χ2v) is 5.05. The second-order valence-electron chi connectivity index (χ2n) is 3.76. The van der Waals surface area contributed by atoms with Crippen LogP contribution in [0.1, 0.15) is 35.8 Å². The molecule has 1 atom stereocenters. The molecule has 0 spiro atoms. The Morgan fingerprint density at radius 2 is 2.14 bits per heavy atom. The summed E-state index contributed by atoms with van der Waals surface area (Å²) in [7, 11) is 0. The third kappa shape index (κ3) is 3.39. The first kappa shape index (κ1) is 11.7. The van der Waals surface area contributed by atoms with Gasteiger partial charge >= 0.3 is 0 Å². The molecule has 0 aromatic carbocycles. The molecule has 1 aromatic heterocycles. The van der Waals surface area contributed by atoms with Crippen LogP contribution in [0.5, 0.6) is 0 Å². The average Bonchev–Trinajstić information content (AvgIpc) is 2.46. The maximum Gasteiger partial charge on any atom is 0.0943 e. The van der Waals surface area contributed by atoms with Crippen molar-refractivity contribution in [1.29, 1.82) is 0 Å². The smallest absolute Gasteiger partial charge is 0.0943 e. The Kier molecular flexibility index (Phi) is 4.55. The van der Waals surface area contributed by atoms with Crippen LogP contribution in [0, 0.1) is 13.8 Å². The van der Waals surface area contributed by atoms with Gasteiger partial charge < -0.3 is 5.32 Å². The summed E-state index contributed by atoms with van der Waals surface area (Å²) >= 11 is 1.82. The van der Waals surface area contributed by atoms with E-state index in [0.29, 0.717) is 6.04 Å². The van der Waals surface area contributed by atoms with E-state index in [2.05, 4.69) is 38.0 Å². The van der Waals surface area contributed by atoms with Crippen LogP contribution in [0.25, 0.3) is 0 Å². The Bertz CT molecular complexity index is 261. The molecule has 0 saturated heterocycles. The molecule has 0 saturated carbocycles. The average molecular weight is 212 g/mol. The van der Waals surface area contributed by atoms with E-state index < -0.39 is 0 Å². The van der Waals surface area contributed by atoms with Gasteiger partial charge in [0, 0.05) is 23.9 Å². The Morgan fingerprint density at radius 3 is 2.64 bits per heavy atom. The minimum absolute atomic E-state index is 0.622. The van der Waals surface area contributed by atoms with E-state index in [9.17, 15) is 0 Å². The number of nitrogens with one attached hydrogen (secondary N) is 1. The highest BCUT2D eigenvalue weighted by molar-refractivity contribution is 7.11. The van der Waals surface area contributed by atoms with Crippen LogP contribution in [0.4, 0.5) is 0 Å². The fourth-order valence-corrected chi connectivity index (χ4v) is 2.15. The van der Waals surface area contributed by atoms with Crippen molar-refractivity contribution in [3.05, 3.63) is 15.6 Å². The third-order valence-corrected chi connectivity index (χ3v) is 3.65. The zero-order valence-electron chi connectivity index (χ0n) is 9.55. The second kappa shape index (κ2) is 5.47. The van der Waals surface area contributed by atoms with Crippen LogP contribution in [0.15, 0.2) is 0 Å². The van der Waals surface area contributed by atoms with Gasteiger partial charge in [0.05, 0.1) is 10.7 Å². The van der Waals surface area contributed by atoms with Gasteiger partial charge in [0.1, 0.15) is 0 Å². The normalized spacial score (nSPS) is 13.1. The van der Waals surface area contributed by atoms with Crippen molar-refractivity contribution >= 4 is 11.3 Å². The predicted molar refractivity (Wildman–Crippen MR) is 63.0 cm³/mol. The molecule has 0 aliphatic heterocycles. The Hall–Kier alpha value is -0.410. The first-order chi connectivity index (χ1) is 6.63. The zero-order chi connectivity index (χ0) is 10.6. The fraction of sp³-hybridized carbons (Fsp3) is 0.727. The lowest BCUT2D eigenvalue weighted by atomic mass is 10.2. The Labute approximate surface area is 90.8 Å². The monoisotopic (exact) mass is 212 g/mol. The summed E-state index contributed by atoms with van der Waals surface area (Å²) in [5.74, 6) is 0. The highest BCUT2D eigenvalue weighted by atomic mass is 32.1.